The summed E-state index contributed by atoms with van der Waals surface area (Å²) in [6.45, 7) is 1.57. The lowest BCUT2D eigenvalue weighted by molar-refractivity contribution is 0.0249. The third-order valence-corrected chi connectivity index (χ3v) is 6.19. The van der Waals surface area contributed by atoms with Crippen LogP contribution in [0.15, 0.2) is 46.1 Å². The third-order valence-electron chi connectivity index (χ3n) is 6.19. The van der Waals surface area contributed by atoms with Crippen LogP contribution < -0.4 is 5.43 Å². The molecule has 0 atom stereocenters. The molecule has 1 aliphatic carbocycles. The number of aromatic amines is 1. The van der Waals surface area contributed by atoms with Crippen LogP contribution in [0.1, 0.15) is 49.1 Å². The van der Waals surface area contributed by atoms with Crippen molar-refractivity contribution in [3.05, 3.63) is 64.0 Å². The van der Waals surface area contributed by atoms with Gasteiger partial charge in [-0.25, -0.2) is 4.98 Å². The molecule has 3 heterocycles. The maximum Gasteiger partial charge on any atom is 0.197 e. The van der Waals surface area contributed by atoms with Gasteiger partial charge in [0.05, 0.1) is 29.2 Å². The van der Waals surface area contributed by atoms with E-state index in [2.05, 4.69) is 9.88 Å². The lowest BCUT2D eigenvalue weighted by Crippen LogP contribution is -2.51. The first-order chi connectivity index (χ1) is 12.8. The fraction of sp³-hybridized carbons (Fsp3) is 0.429. The zero-order chi connectivity index (χ0) is 17.6. The number of fused-ring (bicyclic) bond motifs is 3. The maximum atomic E-state index is 13.0. The molecular weight excluding hydrogens is 326 g/mol. The van der Waals surface area contributed by atoms with Crippen molar-refractivity contribution < 1.29 is 4.42 Å². The van der Waals surface area contributed by atoms with Gasteiger partial charge in [0, 0.05) is 30.8 Å². The molecule has 2 aliphatic rings. The van der Waals surface area contributed by atoms with Crippen molar-refractivity contribution in [2.24, 2.45) is 0 Å². The molecule has 2 aromatic heterocycles. The molecule has 1 spiro atoms. The summed E-state index contributed by atoms with van der Waals surface area (Å²) in [5, 5.41) is 0.667. The third kappa shape index (κ3) is 2.34. The summed E-state index contributed by atoms with van der Waals surface area (Å²) in [6.07, 6.45) is 10.4. The summed E-state index contributed by atoms with van der Waals surface area (Å²) < 4.78 is 5.75. The lowest BCUT2D eigenvalue weighted by Gasteiger charge is -2.48. The van der Waals surface area contributed by atoms with Crippen LogP contribution in [0.2, 0.25) is 0 Å². The van der Waals surface area contributed by atoms with Gasteiger partial charge in [-0.05, 0) is 25.0 Å². The van der Waals surface area contributed by atoms with Crippen LogP contribution in [0.4, 0.5) is 0 Å². The van der Waals surface area contributed by atoms with Gasteiger partial charge in [-0.2, -0.15) is 0 Å². The predicted octanol–water partition coefficient (Wildman–Crippen LogP) is 3.73. The van der Waals surface area contributed by atoms with Gasteiger partial charge in [0.15, 0.2) is 5.43 Å². The van der Waals surface area contributed by atoms with E-state index in [0.717, 1.165) is 31.4 Å². The van der Waals surface area contributed by atoms with Crippen molar-refractivity contribution in [1.29, 1.82) is 0 Å². The van der Waals surface area contributed by atoms with Crippen molar-refractivity contribution in [3.63, 3.8) is 0 Å². The first-order valence-corrected chi connectivity index (χ1v) is 9.55. The van der Waals surface area contributed by atoms with Gasteiger partial charge in [-0.1, -0.05) is 31.4 Å². The molecule has 26 heavy (non-hydrogen) atoms. The van der Waals surface area contributed by atoms with Crippen LogP contribution in [-0.4, -0.2) is 21.4 Å². The Bertz CT molecular complexity index is 998. The van der Waals surface area contributed by atoms with Gasteiger partial charge in [0.2, 0.25) is 0 Å². The molecule has 0 amide bonds. The highest BCUT2D eigenvalue weighted by molar-refractivity contribution is 5.76. The average Bonchev–Trinajstić information content (AvgIpc) is 3.17. The second-order valence-electron chi connectivity index (χ2n) is 7.58. The number of H-pyrrole nitrogens is 1. The summed E-state index contributed by atoms with van der Waals surface area (Å²) in [4.78, 5) is 23.5. The average molecular weight is 349 g/mol. The van der Waals surface area contributed by atoms with E-state index in [-0.39, 0.29) is 11.0 Å². The molecule has 3 aromatic rings. The molecular formula is C21H23N3O2. The van der Waals surface area contributed by atoms with Crippen molar-refractivity contribution >= 4 is 11.0 Å². The Morgan fingerprint density at radius 2 is 2.04 bits per heavy atom. The fourth-order valence-corrected chi connectivity index (χ4v) is 4.88. The molecule has 1 fully saturated rings. The van der Waals surface area contributed by atoms with Gasteiger partial charge in [-0.3, -0.25) is 9.69 Å². The highest BCUT2D eigenvalue weighted by Crippen LogP contribution is 2.45. The Morgan fingerprint density at radius 1 is 1.19 bits per heavy atom. The minimum absolute atomic E-state index is 0.0378. The number of nitrogens with zero attached hydrogens (tertiary/aromatic N) is 2. The maximum absolute atomic E-state index is 13.0. The smallest absolute Gasteiger partial charge is 0.197 e. The van der Waals surface area contributed by atoms with Gasteiger partial charge < -0.3 is 9.40 Å². The molecule has 5 nitrogen and oxygen atoms in total. The molecule has 0 saturated heterocycles. The summed E-state index contributed by atoms with van der Waals surface area (Å²) in [6, 6.07) is 7.48. The predicted molar refractivity (Wildman–Crippen MR) is 99.9 cm³/mol. The fourth-order valence-electron chi connectivity index (χ4n) is 4.88. The van der Waals surface area contributed by atoms with E-state index in [9.17, 15) is 4.79 Å². The number of hydrogen-bond acceptors (Lipinski definition) is 4. The highest BCUT2D eigenvalue weighted by atomic mass is 16.3. The van der Waals surface area contributed by atoms with Crippen LogP contribution in [-0.2, 0) is 18.5 Å². The van der Waals surface area contributed by atoms with Crippen molar-refractivity contribution in [2.45, 2.75) is 50.6 Å². The van der Waals surface area contributed by atoms with E-state index >= 15 is 0 Å². The van der Waals surface area contributed by atoms with E-state index < -0.39 is 0 Å². The van der Waals surface area contributed by atoms with Crippen LogP contribution in [0, 0.1) is 0 Å². The standard InChI is InChI=1S/C21H23N3O2/c25-19-15(13-26-18-7-3-2-6-16(18)19)12-24-11-8-17-20(23-14-22-17)21(24)9-4-1-5-10-21/h2-3,6-7,13-14H,1,4-5,8-12H2,(H,22,23). The number of nitrogens with one attached hydrogen (secondary N) is 1. The molecule has 1 N–H and O–H groups in total. The largest absolute Gasteiger partial charge is 0.464 e. The normalized spacial score (nSPS) is 19.7. The van der Waals surface area contributed by atoms with E-state index in [1.165, 1.54) is 30.7 Å². The van der Waals surface area contributed by atoms with Crippen molar-refractivity contribution in [3.8, 4) is 0 Å². The number of benzene rings is 1. The molecule has 1 aromatic carbocycles. The van der Waals surface area contributed by atoms with Gasteiger partial charge >= 0.3 is 0 Å². The van der Waals surface area contributed by atoms with E-state index in [1.54, 1.807) is 6.26 Å². The zero-order valence-corrected chi connectivity index (χ0v) is 14.8. The first kappa shape index (κ1) is 15.8. The number of imidazole rings is 1. The minimum atomic E-state index is -0.0378. The van der Waals surface area contributed by atoms with Crippen LogP contribution in [0.5, 0.6) is 0 Å². The van der Waals surface area contributed by atoms with Crippen LogP contribution in [0.25, 0.3) is 11.0 Å². The Hall–Kier alpha value is -2.40. The molecule has 0 radical (unpaired) electrons. The van der Waals surface area contributed by atoms with E-state index in [0.29, 0.717) is 17.5 Å². The monoisotopic (exact) mass is 349 g/mol. The highest BCUT2D eigenvalue weighted by Gasteiger charge is 2.45. The Labute approximate surface area is 152 Å². The summed E-state index contributed by atoms with van der Waals surface area (Å²) in [7, 11) is 0. The zero-order valence-electron chi connectivity index (χ0n) is 14.8. The second-order valence-corrected chi connectivity index (χ2v) is 7.58. The van der Waals surface area contributed by atoms with E-state index in [1.807, 2.05) is 30.6 Å². The number of hydrogen-bond donors (Lipinski definition) is 1. The van der Waals surface area contributed by atoms with Crippen LogP contribution >= 0.6 is 0 Å². The molecule has 1 aliphatic heterocycles. The molecule has 5 heteroatoms. The van der Waals surface area contributed by atoms with Gasteiger partial charge in [-0.15, -0.1) is 0 Å². The molecule has 0 unspecified atom stereocenters. The SMILES string of the molecule is O=c1c(CN2CCc3[nH]cnc3C23CCCCC3)coc2ccccc12. The quantitative estimate of drug-likeness (QED) is 0.766. The Kier molecular flexibility index (Phi) is 3.71. The molecule has 0 bridgehead atoms. The van der Waals surface area contributed by atoms with Gasteiger partial charge in [0.1, 0.15) is 5.58 Å². The molecule has 134 valence electrons. The summed E-state index contributed by atoms with van der Waals surface area (Å²) >= 11 is 0. The van der Waals surface area contributed by atoms with Crippen LogP contribution in [0.3, 0.4) is 0 Å². The summed E-state index contributed by atoms with van der Waals surface area (Å²) in [5.74, 6) is 0. The first-order valence-electron chi connectivity index (χ1n) is 9.55. The summed E-state index contributed by atoms with van der Waals surface area (Å²) in [5.41, 5.74) is 3.92. The Morgan fingerprint density at radius 3 is 2.92 bits per heavy atom. The second kappa shape index (κ2) is 6.09. The molecule has 1 saturated carbocycles. The minimum Gasteiger partial charge on any atom is -0.464 e. The number of para-hydroxylation sites is 1. The van der Waals surface area contributed by atoms with E-state index in [4.69, 9.17) is 9.40 Å². The Balaban J connectivity index is 1.56. The number of aromatic nitrogens is 2. The van der Waals surface area contributed by atoms with Crippen molar-refractivity contribution in [1.82, 2.24) is 14.9 Å². The van der Waals surface area contributed by atoms with Gasteiger partial charge in [0.25, 0.3) is 0 Å². The van der Waals surface area contributed by atoms with Crippen molar-refractivity contribution in [2.75, 3.05) is 6.54 Å². The number of rotatable bonds is 2. The lowest BCUT2D eigenvalue weighted by atomic mass is 9.75. The topological polar surface area (TPSA) is 62.1 Å². The molecule has 5 rings (SSSR count).